The number of thiol groups is 1. The Morgan fingerprint density at radius 3 is 2.00 bits per heavy atom. The van der Waals surface area contributed by atoms with E-state index in [0.29, 0.717) is 0 Å². The Labute approximate surface area is 50.1 Å². The lowest BCUT2D eigenvalue weighted by atomic mass is 10.5. The minimum Gasteiger partial charge on any atom is -0.320 e. The highest BCUT2D eigenvalue weighted by Crippen LogP contribution is 1.86. The summed E-state index contributed by atoms with van der Waals surface area (Å²) >= 11 is 3.88. The number of nitrogens with two attached hydrogens (primary N) is 1. The average molecular weight is 128 g/mol. The molecular formula is C3H10ClNS. The van der Waals surface area contributed by atoms with Gasteiger partial charge in [-0.15, -0.1) is 12.4 Å². The van der Waals surface area contributed by atoms with Gasteiger partial charge in [-0.25, -0.2) is 0 Å². The molecule has 1 nitrogen and oxygen atoms in total. The van der Waals surface area contributed by atoms with Crippen molar-refractivity contribution >= 4 is 25.0 Å². The summed E-state index contributed by atoms with van der Waals surface area (Å²) in [4.78, 5) is 0. The van der Waals surface area contributed by atoms with Gasteiger partial charge in [0.1, 0.15) is 0 Å². The topological polar surface area (TPSA) is 26.0 Å². The normalized spacial score (nSPS) is 12.5. The Balaban J connectivity index is 0. The third-order valence-electron chi connectivity index (χ3n) is 0.418. The molecule has 0 aromatic carbocycles. The van der Waals surface area contributed by atoms with Crippen LogP contribution in [0.4, 0.5) is 0 Å². The highest BCUT2D eigenvalue weighted by Gasteiger charge is 1.80. The average Bonchev–Trinajstić information content (AvgIpc) is 1.38. The maximum Gasteiger partial charge on any atom is 0.0474 e. The van der Waals surface area contributed by atoms with Crippen molar-refractivity contribution < 1.29 is 0 Å². The lowest BCUT2D eigenvalue weighted by molar-refractivity contribution is 0.876. The van der Waals surface area contributed by atoms with Crippen LogP contribution in [-0.4, -0.2) is 5.37 Å². The first kappa shape index (κ1) is 9.78. The van der Waals surface area contributed by atoms with Crippen molar-refractivity contribution in [2.24, 2.45) is 5.73 Å². The Kier molecular flexibility index (Phi) is 9.13. The highest BCUT2D eigenvalue weighted by molar-refractivity contribution is 7.80. The molecule has 0 aliphatic heterocycles. The summed E-state index contributed by atoms with van der Waals surface area (Å²) in [5.41, 5.74) is 5.16. The first-order valence-electron chi connectivity index (χ1n) is 1.71. The van der Waals surface area contributed by atoms with Crippen LogP contribution >= 0.6 is 25.0 Å². The first-order valence-corrected chi connectivity index (χ1v) is 2.22. The van der Waals surface area contributed by atoms with E-state index in [1.807, 2.05) is 6.92 Å². The fourth-order valence-corrected chi connectivity index (χ4v) is 0. The van der Waals surface area contributed by atoms with E-state index in [1.54, 1.807) is 0 Å². The van der Waals surface area contributed by atoms with Gasteiger partial charge in [-0.3, -0.25) is 0 Å². The fraction of sp³-hybridized carbons (Fsp3) is 1.00. The third-order valence-corrected chi connectivity index (χ3v) is 0.783. The number of halogens is 1. The smallest absolute Gasteiger partial charge is 0.0474 e. The van der Waals surface area contributed by atoms with Gasteiger partial charge in [0, 0.05) is 5.37 Å². The molecule has 0 aromatic rings. The van der Waals surface area contributed by atoms with Crippen LogP contribution in [0.5, 0.6) is 0 Å². The first-order chi connectivity index (χ1) is 2.27. The van der Waals surface area contributed by atoms with Crippen LogP contribution in [0.1, 0.15) is 13.3 Å². The largest absolute Gasteiger partial charge is 0.320 e. The van der Waals surface area contributed by atoms with Crippen LogP contribution in [0.25, 0.3) is 0 Å². The maximum absolute atomic E-state index is 5.16. The number of rotatable bonds is 1. The molecule has 40 valence electrons. The summed E-state index contributed by atoms with van der Waals surface area (Å²) in [5.74, 6) is 0. The molecule has 3 heteroatoms. The standard InChI is InChI=1S/C3H9NS.ClH/c1-2-3(4)5;/h3,5H,2,4H2,1H3;1H. The highest BCUT2D eigenvalue weighted by atomic mass is 35.5. The molecule has 0 saturated heterocycles. The van der Waals surface area contributed by atoms with Gasteiger partial charge in [-0.2, -0.15) is 12.6 Å². The van der Waals surface area contributed by atoms with E-state index >= 15 is 0 Å². The van der Waals surface area contributed by atoms with Gasteiger partial charge in [0.2, 0.25) is 0 Å². The monoisotopic (exact) mass is 127 g/mol. The van der Waals surface area contributed by atoms with Gasteiger partial charge >= 0.3 is 0 Å². The third kappa shape index (κ3) is 8.82. The van der Waals surface area contributed by atoms with Gasteiger partial charge in [-0.1, -0.05) is 6.92 Å². The molecule has 0 spiro atoms. The van der Waals surface area contributed by atoms with Crippen molar-refractivity contribution in [2.75, 3.05) is 0 Å². The van der Waals surface area contributed by atoms with Crippen LogP contribution in [-0.2, 0) is 0 Å². The van der Waals surface area contributed by atoms with Crippen LogP contribution < -0.4 is 5.73 Å². The molecule has 0 aromatic heterocycles. The van der Waals surface area contributed by atoms with Crippen LogP contribution in [0.3, 0.4) is 0 Å². The zero-order chi connectivity index (χ0) is 4.28. The minimum atomic E-state index is 0. The maximum atomic E-state index is 5.16. The molecule has 6 heavy (non-hydrogen) atoms. The van der Waals surface area contributed by atoms with Gasteiger partial charge in [-0.05, 0) is 6.42 Å². The van der Waals surface area contributed by atoms with Crippen molar-refractivity contribution in [3.63, 3.8) is 0 Å². The van der Waals surface area contributed by atoms with E-state index in [2.05, 4.69) is 12.6 Å². The summed E-state index contributed by atoms with van der Waals surface area (Å²) in [6, 6.07) is 0. The fourth-order valence-electron chi connectivity index (χ4n) is 0. The molecular weight excluding hydrogens is 118 g/mol. The predicted molar refractivity (Wildman–Crippen MR) is 34.5 cm³/mol. The summed E-state index contributed by atoms with van der Waals surface area (Å²) in [5, 5.41) is 0.0787. The van der Waals surface area contributed by atoms with Gasteiger partial charge in [0.05, 0.1) is 0 Å². The molecule has 0 aliphatic rings. The summed E-state index contributed by atoms with van der Waals surface area (Å²) in [7, 11) is 0. The Hall–Kier alpha value is 0.600. The summed E-state index contributed by atoms with van der Waals surface area (Å²) in [6.45, 7) is 2.00. The van der Waals surface area contributed by atoms with Gasteiger partial charge < -0.3 is 5.73 Å². The van der Waals surface area contributed by atoms with Crippen molar-refractivity contribution in [3.8, 4) is 0 Å². The lowest BCUT2D eigenvalue weighted by Crippen LogP contribution is -2.08. The van der Waals surface area contributed by atoms with E-state index in [1.165, 1.54) is 0 Å². The van der Waals surface area contributed by atoms with Crippen molar-refractivity contribution in [3.05, 3.63) is 0 Å². The Bertz CT molecular complexity index is 24.8. The molecule has 0 amide bonds. The van der Waals surface area contributed by atoms with Crippen LogP contribution in [0, 0.1) is 0 Å². The Morgan fingerprint density at radius 2 is 2.00 bits per heavy atom. The van der Waals surface area contributed by atoms with E-state index in [4.69, 9.17) is 5.73 Å². The van der Waals surface area contributed by atoms with E-state index in [-0.39, 0.29) is 17.8 Å². The number of hydrogen-bond donors (Lipinski definition) is 2. The van der Waals surface area contributed by atoms with Crippen molar-refractivity contribution in [2.45, 2.75) is 18.7 Å². The molecule has 0 fully saturated rings. The molecule has 0 aliphatic carbocycles. The van der Waals surface area contributed by atoms with Gasteiger partial charge in [0.15, 0.2) is 0 Å². The molecule has 0 bridgehead atoms. The molecule has 0 heterocycles. The molecule has 1 unspecified atom stereocenters. The minimum absolute atomic E-state index is 0. The molecule has 1 atom stereocenters. The lowest BCUT2D eigenvalue weighted by Gasteiger charge is -1.91. The second-order valence-electron chi connectivity index (χ2n) is 0.976. The second-order valence-corrected chi connectivity index (χ2v) is 1.64. The predicted octanol–water partition coefficient (Wildman–Crippen LogP) is 1.03. The van der Waals surface area contributed by atoms with E-state index in [0.717, 1.165) is 6.42 Å². The molecule has 0 rings (SSSR count). The van der Waals surface area contributed by atoms with Gasteiger partial charge in [0.25, 0.3) is 0 Å². The number of hydrogen-bond acceptors (Lipinski definition) is 2. The van der Waals surface area contributed by atoms with Crippen molar-refractivity contribution in [1.29, 1.82) is 0 Å². The Morgan fingerprint density at radius 1 is 1.83 bits per heavy atom. The zero-order valence-electron chi connectivity index (χ0n) is 3.72. The molecule has 0 radical (unpaired) electrons. The van der Waals surface area contributed by atoms with Crippen LogP contribution in [0.15, 0.2) is 0 Å². The zero-order valence-corrected chi connectivity index (χ0v) is 5.43. The van der Waals surface area contributed by atoms with E-state index in [9.17, 15) is 0 Å². The van der Waals surface area contributed by atoms with Crippen molar-refractivity contribution in [1.82, 2.24) is 0 Å². The summed E-state index contributed by atoms with van der Waals surface area (Å²) < 4.78 is 0. The SMILES string of the molecule is CCC(N)S.Cl. The molecule has 2 N–H and O–H groups in total. The van der Waals surface area contributed by atoms with Crippen LogP contribution in [0.2, 0.25) is 0 Å². The van der Waals surface area contributed by atoms with E-state index < -0.39 is 0 Å². The molecule has 0 saturated carbocycles. The quantitative estimate of drug-likeness (QED) is 0.400. The summed E-state index contributed by atoms with van der Waals surface area (Å²) in [6.07, 6.45) is 0.948. The second kappa shape index (κ2) is 5.60.